The molecule has 21 heavy (non-hydrogen) atoms. The van der Waals surface area contributed by atoms with Crippen LogP contribution >= 0.6 is 11.3 Å². The number of fused-ring (bicyclic) bond motifs is 1. The predicted molar refractivity (Wildman–Crippen MR) is 82.7 cm³/mol. The van der Waals surface area contributed by atoms with Gasteiger partial charge in [0.25, 0.3) is 0 Å². The molecule has 0 bridgehead atoms. The Bertz CT molecular complexity index is 742. The number of aromatic nitrogens is 2. The van der Waals surface area contributed by atoms with E-state index in [1.54, 1.807) is 12.1 Å². The van der Waals surface area contributed by atoms with Crippen LogP contribution in [0.25, 0.3) is 10.2 Å². The molecule has 0 aliphatic rings. The van der Waals surface area contributed by atoms with Gasteiger partial charge in [-0.15, -0.1) is 11.3 Å². The normalized spacial score (nSPS) is 10.8. The second-order valence-electron chi connectivity index (χ2n) is 4.47. The smallest absolute Gasteiger partial charge is 0.232 e. The molecule has 1 N–H and O–H groups in total. The van der Waals surface area contributed by atoms with Gasteiger partial charge in [-0.1, -0.05) is 6.92 Å². The van der Waals surface area contributed by atoms with Crippen LogP contribution in [0.5, 0.6) is 11.6 Å². The number of thiophene rings is 1. The van der Waals surface area contributed by atoms with Crippen LogP contribution in [-0.2, 0) is 0 Å². The van der Waals surface area contributed by atoms with E-state index in [1.807, 2.05) is 11.4 Å². The Morgan fingerprint density at radius 1 is 1.19 bits per heavy atom. The highest BCUT2D eigenvalue weighted by molar-refractivity contribution is 7.16. The third-order valence-corrected chi connectivity index (χ3v) is 3.66. The molecule has 108 valence electrons. The largest absolute Gasteiger partial charge is 0.438 e. The van der Waals surface area contributed by atoms with Gasteiger partial charge in [0.1, 0.15) is 16.4 Å². The zero-order valence-corrected chi connectivity index (χ0v) is 12.3. The van der Waals surface area contributed by atoms with Crippen LogP contribution in [0.3, 0.4) is 0 Å². The van der Waals surface area contributed by atoms with E-state index in [1.165, 1.54) is 23.5 Å². The molecular formula is C15H14FN3OS. The van der Waals surface area contributed by atoms with Gasteiger partial charge in [0.2, 0.25) is 11.8 Å². The summed E-state index contributed by atoms with van der Waals surface area (Å²) < 4.78 is 18.7. The highest BCUT2D eigenvalue weighted by atomic mass is 32.1. The molecule has 0 atom stereocenters. The van der Waals surface area contributed by atoms with Gasteiger partial charge >= 0.3 is 0 Å². The van der Waals surface area contributed by atoms with E-state index in [9.17, 15) is 4.39 Å². The van der Waals surface area contributed by atoms with Gasteiger partial charge < -0.3 is 10.1 Å². The third kappa shape index (κ3) is 3.11. The quantitative estimate of drug-likeness (QED) is 0.756. The van der Waals surface area contributed by atoms with Crippen molar-refractivity contribution >= 4 is 27.5 Å². The van der Waals surface area contributed by atoms with E-state index < -0.39 is 0 Å². The van der Waals surface area contributed by atoms with Crippen LogP contribution in [0.4, 0.5) is 10.3 Å². The van der Waals surface area contributed by atoms with Crippen molar-refractivity contribution in [2.24, 2.45) is 0 Å². The molecule has 0 saturated carbocycles. The highest BCUT2D eigenvalue weighted by Gasteiger charge is 2.11. The molecule has 0 amide bonds. The molecule has 0 unspecified atom stereocenters. The van der Waals surface area contributed by atoms with Crippen molar-refractivity contribution in [3.63, 3.8) is 0 Å². The lowest BCUT2D eigenvalue weighted by molar-refractivity contribution is 0.467. The van der Waals surface area contributed by atoms with E-state index >= 15 is 0 Å². The Labute approximate surface area is 125 Å². The Hall–Kier alpha value is -2.21. The summed E-state index contributed by atoms with van der Waals surface area (Å²) >= 11 is 1.53. The summed E-state index contributed by atoms with van der Waals surface area (Å²) in [4.78, 5) is 9.70. The number of anilines is 1. The zero-order chi connectivity index (χ0) is 14.7. The van der Waals surface area contributed by atoms with Crippen LogP contribution in [0, 0.1) is 5.82 Å². The molecule has 6 heteroatoms. The van der Waals surface area contributed by atoms with Gasteiger partial charge in [0.15, 0.2) is 0 Å². The topological polar surface area (TPSA) is 47.0 Å². The van der Waals surface area contributed by atoms with Crippen molar-refractivity contribution in [3.8, 4) is 11.6 Å². The zero-order valence-electron chi connectivity index (χ0n) is 11.5. The minimum absolute atomic E-state index is 0.295. The Morgan fingerprint density at radius 2 is 2.00 bits per heavy atom. The maximum absolute atomic E-state index is 12.9. The molecule has 3 rings (SSSR count). The van der Waals surface area contributed by atoms with Crippen molar-refractivity contribution in [3.05, 3.63) is 41.5 Å². The first-order chi connectivity index (χ1) is 10.3. The lowest BCUT2D eigenvalue weighted by atomic mass is 10.3. The molecule has 0 spiro atoms. The number of ether oxygens (including phenoxy) is 1. The Kier molecular flexibility index (Phi) is 3.96. The van der Waals surface area contributed by atoms with Gasteiger partial charge in [0, 0.05) is 6.54 Å². The van der Waals surface area contributed by atoms with Gasteiger partial charge in [0.05, 0.1) is 5.39 Å². The van der Waals surface area contributed by atoms with Crippen LogP contribution in [0.15, 0.2) is 35.7 Å². The number of hydrogen-bond donors (Lipinski definition) is 1. The minimum Gasteiger partial charge on any atom is -0.438 e. The van der Waals surface area contributed by atoms with E-state index in [0.717, 1.165) is 23.2 Å². The summed E-state index contributed by atoms with van der Waals surface area (Å²) in [6.45, 7) is 2.87. The molecule has 2 heterocycles. The van der Waals surface area contributed by atoms with Crippen molar-refractivity contribution in [2.75, 3.05) is 11.9 Å². The number of halogens is 1. The second kappa shape index (κ2) is 6.05. The SMILES string of the molecule is CCCNc1nc(Oc2ccc(F)cc2)c2ccsc2n1. The average molecular weight is 303 g/mol. The van der Waals surface area contributed by atoms with Crippen LogP contribution in [0.1, 0.15) is 13.3 Å². The van der Waals surface area contributed by atoms with E-state index in [2.05, 4.69) is 22.2 Å². The summed E-state index contributed by atoms with van der Waals surface area (Å²) in [7, 11) is 0. The molecule has 0 aliphatic carbocycles. The lowest BCUT2D eigenvalue weighted by Crippen LogP contribution is -2.04. The van der Waals surface area contributed by atoms with E-state index in [4.69, 9.17) is 4.74 Å². The third-order valence-electron chi connectivity index (χ3n) is 2.85. The lowest BCUT2D eigenvalue weighted by Gasteiger charge is -2.08. The van der Waals surface area contributed by atoms with Crippen molar-refractivity contribution in [2.45, 2.75) is 13.3 Å². The summed E-state index contributed by atoms with van der Waals surface area (Å²) in [5.41, 5.74) is 0. The fraction of sp³-hybridized carbons (Fsp3) is 0.200. The number of nitrogens with one attached hydrogen (secondary N) is 1. The molecule has 4 nitrogen and oxygen atoms in total. The van der Waals surface area contributed by atoms with Gasteiger partial charge in [-0.2, -0.15) is 4.98 Å². The molecule has 3 aromatic rings. The maximum Gasteiger partial charge on any atom is 0.232 e. The molecule has 0 fully saturated rings. The number of nitrogens with zero attached hydrogens (tertiary/aromatic N) is 2. The number of rotatable bonds is 5. The number of benzene rings is 1. The molecule has 0 aliphatic heterocycles. The average Bonchev–Trinajstić information content (AvgIpc) is 2.96. The van der Waals surface area contributed by atoms with E-state index in [0.29, 0.717) is 17.6 Å². The second-order valence-corrected chi connectivity index (χ2v) is 5.37. The van der Waals surface area contributed by atoms with Gasteiger partial charge in [-0.3, -0.25) is 0 Å². The van der Waals surface area contributed by atoms with Gasteiger partial charge in [-0.25, -0.2) is 9.37 Å². The predicted octanol–water partition coefficient (Wildman–Crippen LogP) is 4.44. The molecule has 0 saturated heterocycles. The first-order valence-electron chi connectivity index (χ1n) is 6.69. The summed E-state index contributed by atoms with van der Waals surface area (Å²) in [5, 5.41) is 5.95. The van der Waals surface area contributed by atoms with Crippen LogP contribution in [0.2, 0.25) is 0 Å². The van der Waals surface area contributed by atoms with Crippen LogP contribution < -0.4 is 10.1 Å². The van der Waals surface area contributed by atoms with Gasteiger partial charge in [-0.05, 0) is 42.1 Å². The van der Waals surface area contributed by atoms with Crippen molar-refractivity contribution < 1.29 is 9.13 Å². The summed E-state index contributed by atoms with van der Waals surface area (Å²) in [5.74, 6) is 1.27. The van der Waals surface area contributed by atoms with Crippen molar-refractivity contribution in [1.82, 2.24) is 9.97 Å². The fourth-order valence-corrected chi connectivity index (χ4v) is 2.59. The first kappa shape index (κ1) is 13.8. The monoisotopic (exact) mass is 303 g/mol. The molecule has 1 aromatic carbocycles. The summed E-state index contributed by atoms with van der Waals surface area (Å²) in [6, 6.07) is 7.79. The Balaban J connectivity index is 1.95. The maximum atomic E-state index is 12.9. The minimum atomic E-state index is -0.295. The van der Waals surface area contributed by atoms with Crippen molar-refractivity contribution in [1.29, 1.82) is 0 Å². The van der Waals surface area contributed by atoms with E-state index in [-0.39, 0.29) is 5.82 Å². The fourth-order valence-electron chi connectivity index (χ4n) is 1.84. The molecular weight excluding hydrogens is 289 g/mol. The highest BCUT2D eigenvalue weighted by Crippen LogP contribution is 2.31. The standard InChI is InChI=1S/C15H14FN3OS/c1-2-8-17-15-18-13(12-7-9-21-14(12)19-15)20-11-5-3-10(16)4-6-11/h3-7,9H,2,8H2,1H3,(H,17,18,19). The summed E-state index contributed by atoms with van der Waals surface area (Å²) in [6.07, 6.45) is 0.986. The number of hydrogen-bond acceptors (Lipinski definition) is 5. The molecule has 0 radical (unpaired) electrons. The molecule has 2 aromatic heterocycles. The van der Waals surface area contributed by atoms with Crippen LogP contribution in [-0.4, -0.2) is 16.5 Å². The first-order valence-corrected chi connectivity index (χ1v) is 7.57. The Morgan fingerprint density at radius 3 is 2.76 bits per heavy atom.